The van der Waals surface area contributed by atoms with Crippen LogP contribution in [-0.4, -0.2) is 17.8 Å². The van der Waals surface area contributed by atoms with Crippen molar-refractivity contribution in [1.82, 2.24) is 5.48 Å². The molecule has 1 unspecified atom stereocenters. The molecule has 0 radical (unpaired) electrons. The number of nitrogens with one attached hydrogen (secondary N) is 1. The second-order valence-electron chi connectivity index (χ2n) is 1.35. The maximum absolute atomic E-state index is 8.37. The molecule has 1 aliphatic heterocycles. The van der Waals surface area contributed by atoms with Gasteiger partial charge in [0.15, 0.2) is 0 Å². The van der Waals surface area contributed by atoms with Gasteiger partial charge in [0.2, 0.25) is 0 Å². The first-order chi connectivity index (χ1) is 3.43. The van der Waals surface area contributed by atoms with E-state index in [0.717, 1.165) is 0 Å². The number of aliphatic hydroxyl groups excluding tert-OH is 1. The Hall–Kier alpha value is -0.540. The Kier molecular flexibility index (Phi) is 1.29. The quantitative estimate of drug-likeness (QED) is 0.463. The topological polar surface area (TPSA) is 41.5 Å². The van der Waals surface area contributed by atoms with Gasteiger partial charge in [0.25, 0.3) is 0 Å². The van der Waals surface area contributed by atoms with Gasteiger partial charge in [0, 0.05) is 0 Å². The molecule has 1 aliphatic rings. The molecule has 0 aromatic heterocycles. The Balaban J connectivity index is 2.28. The lowest BCUT2D eigenvalue weighted by Gasteiger charge is -1.99. The molecule has 0 saturated heterocycles. The van der Waals surface area contributed by atoms with Crippen LogP contribution in [0, 0.1) is 0 Å². The lowest BCUT2D eigenvalue weighted by Crippen LogP contribution is -2.23. The van der Waals surface area contributed by atoms with E-state index < -0.39 is 0 Å². The molecule has 3 heteroatoms. The molecular weight excluding hydrogens is 94.0 g/mol. The molecule has 0 bridgehead atoms. The Morgan fingerprint density at radius 2 is 2.71 bits per heavy atom. The predicted octanol–water partition coefficient (Wildman–Crippen LogP) is -0.604. The van der Waals surface area contributed by atoms with E-state index >= 15 is 0 Å². The molecule has 0 spiro atoms. The Labute approximate surface area is 41.6 Å². The van der Waals surface area contributed by atoms with Crippen LogP contribution in [0.25, 0.3) is 0 Å². The minimum Gasteiger partial charge on any atom is -0.416 e. The van der Waals surface area contributed by atoms with Crippen molar-refractivity contribution in [3.63, 3.8) is 0 Å². The van der Waals surface area contributed by atoms with Gasteiger partial charge in [-0.2, -0.15) is 0 Å². The zero-order chi connectivity index (χ0) is 5.11. The van der Waals surface area contributed by atoms with E-state index in [2.05, 4.69) is 10.3 Å². The number of aliphatic hydroxyl groups is 1. The van der Waals surface area contributed by atoms with Crippen molar-refractivity contribution >= 4 is 0 Å². The first-order valence-electron chi connectivity index (χ1n) is 2.12. The van der Waals surface area contributed by atoms with Crippen LogP contribution in [0.15, 0.2) is 12.3 Å². The third kappa shape index (κ3) is 0.913. The summed E-state index contributed by atoms with van der Waals surface area (Å²) in [5.74, 6) is 0. The molecule has 2 N–H and O–H groups in total. The van der Waals surface area contributed by atoms with Gasteiger partial charge in [-0.1, -0.05) is 0 Å². The summed E-state index contributed by atoms with van der Waals surface area (Å²) in [5, 5.41) is 8.37. The molecule has 7 heavy (non-hydrogen) atoms. The highest BCUT2D eigenvalue weighted by Gasteiger charge is 2.05. The third-order valence-electron chi connectivity index (χ3n) is 0.795. The van der Waals surface area contributed by atoms with Crippen molar-refractivity contribution in [2.75, 3.05) is 6.61 Å². The lowest BCUT2D eigenvalue weighted by atomic mass is 10.3. The van der Waals surface area contributed by atoms with Crippen LogP contribution in [0.4, 0.5) is 0 Å². The maximum Gasteiger partial charge on any atom is 0.109 e. The minimum atomic E-state index is -0.000000000000000444. The van der Waals surface area contributed by atoms with Crippen LogP contribution in [0.2, 0.25) is 0 Å². The predicted molar refractivity (Wildman–Crippen MR) is 24.2 cm³/mol. The van der Waals surface area contributed by atoms with Crippen LogP contribution in [0.3, 0.4) is 0 Å². The number of hydrogen-bond acceptors (Lipinski definition) is 3. The SMILES string of the molecule is OCC1C=CON1. The van der Waals surface area contributed by atoms with Gasteiger partial charge in [-0.15, -0.1) is 5.48 Å². The average Bonchev–Trinajstić information content (AvgIpc) is 2.14. The van der Waals surface area contributed by atoms with Gasteiger partial charge in [0.1, 0.15) is 6.26 Å². The van der Waals surface area contributed by atoms with Crippen LogP contribution in [0.5, 0.6) is 0 Å². The molecule has 40 valence electrons. The molecule has 0 fully saturated rings. The normalized spacial score (nSPS) is 27.9. The summed E-state index contributed by atoms with van der Waals surface area (Å²) in [6, 6.07) is -0.000000000000000444. The van der Waals surface area contributed by atoms with Gasteiger partial charge in [0.05, 0.1) is 12.6 Å². The summed E-state index contributed by atoms with van der Waals surface area (Å²) in [6.45, 7) is 0.0938. The van der Waals surface area contributed by atoms with E-state index in [1.54, 1.807) is 6.08 Å². The molecule has 3 nitrogen and oxygen atoms in total. The fraction of sp³-hybridized carbons (Fsp3) is 0.500. The Morgan fingerprint density at radius 3 is 3.00 bits per heavy atom. The van der Waals surface area contributed by atoms with E-state index in [-0.39, 0.29) is 12.6 Å². The third-order valence-corrected chi connectivity index (χ3v) is 0.795. The monoisotopic (exact) mass is 101 g/mol. The van der Waals surface area contributed by atoms with Gasteiger partial charge < -0.3 is 9.94 Å². The number of hydrogen-bond donors (Lipinski definition) is 2. The van der Waals surface area contributed by atoms with Crippen LogP contribution < -0.4 is 5.48 Å². The van der Waals surface area contributed by atoms with Crippen molar-refractivity contribution < 1.29 is 9.94 Å². The Morgan fingerprint density at radius 1 is 1.86 bits per heavy atom. The second-order valence-corrected chi connectivity index (χ2v) is 1.35. The number of hydroxylamine groups is 1. The van der Waals surface area contributed by atoms with E-state index in [1.165, 1.54) is 6.26 Å². The highest BCUT2D eigenvalue weighted by molar-refractivity contribution is 4.90. The van der Waals surface area contributed by atoms with Crippen molar-refractivity contribution in [3.05, 3.63) is 12.3 Å². The zero-order valence-electron chi connectivity index (χ0n) is 3.79. The summed E-state index contributed by atoms with van der Waals surface area (Å²) in [6.07, 6.45) is 3.26. The van der Waals surface area contributed by atoms with Gasteiger partial charge in [-0.3, -0.25) is 0 Å². The summed E-state index contributed by atoms with van der Waals surface area (Å²) in [5.41, 5.74) is 2.55. The molecule has 0 aromatic rings. The standard InChI is InChI=1S/C4H7NO2/c6-3-4-1-2-7-5-4/h1-2,4-6H,3H2. The van der Waals surface area contributed by atoms with E-state index in [9.17, 15) is 0 Å². The lowest BCUT2D eigenvalue weighted by molar-refractivity contribution is 0.116. The first kappa shape index (κ1) is 4.61. The molecule has 0 aromatic carbocycles. The maximum atomic E-state index is 8.37. The van der Waals surface area contributed by atoms with Crippen molar-refractivity contribution in [2.45, 2.75) is 6.04 Å². The van der Waals surface area contributed by atoms with E-state index in [4.69, 9.17) is 5.11 Å². The molecular formula is C4H7NO2. The number of rotatable bonds is 1. The highest BCUT2D eigenvalue weighted by atomic mass is 16.6. The van der Waals surface area contributed by atoms with Crippen molar-refractivity contribution in [2.24, 2.45) is 0 Å². The summed E-state index contributed by atoms with van der Waals surface area (Å²) in [4.78, 5) is 4.56. The highest BCUT2D eigenvalue weighted by Crippen LogP contribution is 1.92. The summed E-state index contributed by atoms with van der Waals surface area (Å²) < 4.78 is 0. The molecule has 0 amide bonds. The fourth-order valence-electron chi connectivity index (χ4n) is 0.398. The van der Waals surface area contributed by atoms with Crippen LogP contribution in [-0.2, 0) is 4.84 Å². The van der Waals surface area contributed by atoms with Crippen molar-refractivity contribution in [1.29, 1.82) is 0 Å². The van der Waals surface area contributed by atoms with Crippen LogP contribution in [0.1, 0.15) is 0 Å². The smallest absolute Gasteiger partial charge is 0.109 e. The molecule has 1 heterocycles. The first-order valence-corrected chi connectivity index (χ1v) is 2.12. The van der Waals surface area contributed by atoms with E-state index in [0.29, 0.717) is 0 Å². The second kappa shape index (κ2) is 1.95. The van der Waals surface area contributed by atoms with Gasteiger partial charge >= 0.3 is 0 Å². The van der Waals surface area contributed by atoms with Crippen LogP contribution >= 0.6 is 0 Å². The Bertz CT molecular complexity index is 81.8. The fourth-order valence-corrected chi connectivity index (χ4v) is 0.398. The summed E-state index contributed by atoms with van der Waals surface area (Å²) >= 11 is 0. The molecule has 1 atom stereocenters. The molecule has 0 saturated carbocycles. The zero-order valence-corrected chi connectivity index (χ0v) is 3.79. The average molecular weight is 101 g/mol. The van der Waals surface area contributed by atoms with Gasteiger partial charge in [-0.25, -0.2) is 0 Å². The minimum absolute atomic E-state index is 0.000000000000000444. The largest absolute Gasteiger partial charge is 0.416 e. The summed E-state index contributed by atoms with van der Waals surface area (Å²) in [7, 11) is 0. The van der Waals surface area contributed by atoms with Crippen molar-refractivity contribution in [3.8, 4) is 0 Å². The van der Waals surface area contributed by atoms with Gasteiger partial charge in [-0.05, 0) is 6.08 Å². The molecule has 1 rings (SSSR count). The van der Waals surface area contributed by atoms with E-state index in [1.807, 2.05) is 0 Å². The molecule has 0 aliphatic carbocycles.